The van der Waals surface area contributed by atoms with Crippen molar-refractivity contribution < 1.29 is 9.53 Å². The highest BCUT2D eigenvalue weighted by molar-refractivity contribution is 5.99. The van der Waals surface area contributed by atoms with Gasteiger partial charge in [0.05, 0.1) is 18.8 Å². The number of rotatable bonds is 5. The minimum atomic E-state index is -0.471. The number of amides is 1. The standard InChI is InChI=1S/C13H20N4O2/c14-10-1-2-12(11(9-10)13(15)18)16-3-4-17-5-7-19-8-6-17/h1-2,9,16H,3-8,14H2,(H2,15,18). The van der Waals surface area contributed by atoms with Gasteiger partial charge >= 0.3 is 0 Å². The molecule has 0 unspecified atom stereocenters. The molecular formula is C13H20N4O2. The fourth-order valence-electron chi connectivity index (χ4n) is 2.09. The quantitative estimate of drug-likeness (QED) is 0.656. The first-order chi connectivity index (χ1) is 9.16. The van der Waals surface area contributed by atoms with Crippen molar-refractivity contribution in [1.82, 2.24) is 4.90 Å². The van der Waals surface area contributed by atoms with Gasteiger partial charge in [-0.15, -0.1) is 0 Å². The van der Waals surface area contributed by atoms with Gasteiger partial charge in [0.25, 0.3) is 5.91 Å². The number of hydrogen-bond acceptors (Lipinski definition) is 5. The smallest absolute Gasteiger partial charge is 0.250 e. The van der Waals surface area contributed by atoms with E-state index in [0.717, 1.165) is 45.1 Å². The Balaban J connectivity index is 1.89. The predicted molar refractivity (Wildman–Crippen MR) is 75.1 cm³/mol. The second kappa shape index (κ2) is 6.40. The zero-order valence-corrected chi connectivity index (χ0v) is 10.9. The molecule has 5 N–H and O–H groups in total. The minimum Gasteiger partial charge on any atom is -0.399 e. The van der Waals surface area contributed by atoms with Crippen LogP contribution in [0.4, 0.5) is 11.4 Å². The number of carbonyl (C=O) groups is 1. The third-order valence-corrected chi connectivity index (χ3v) is 3.16. The van der Waals surface area contributed by atoms with E-state index in [1.165, 1.54) is 0 Å². The van der Waals surface area contributed by atoms with Crippen LogP contribution in [0.3, 0.4) is 0 Å². The monoisotopic (exact) mass is 264 g/mol. The summed E-state index contributed by atoms with van der Waals surface area (Å²) in [5.74, 6) is -0.471. The maximum atomic E-state index is 11.3. The van der Waals surface area contributed by atoms with Gasteiger partial charge < -0.3 is 21.5 Å². The van der Waals surface area contributed by atoms with Crippen LogP contribution in [0.25, 0.3) is 0 Å². The average molecular weight is 264 g/mol. The molecule has 1 amide bonds. The molecule has 1 aliphatic heterocycles. The lowest BCUT2D eigenvalue weighted by Gasteiger charge is -2.26. The number of primary amides is 1. The van der Waals surface area contributed by atoms with Gasteiger partial charge in [-0.05, 0) is 18.2 Å². The molecule has 1 fully saturated rings. The molecule has 0 saturated carbocycles. The molecule has 104 valence electrons. The van der Waals surface area contributed by atoms with E-state index in [9.17, 15) is 4.79 Å². The number of anilines is 2. The Kier molecular flexibility index (Phi) is 4.59. The Morgan fingerprint density at radius 3 is 2.79 bits per heavy atom. The highest BCUT2D eigenvalue weighted by Crippen LogP contribution is 2.18. The highest BCUT2D eigenvalue weighted by Gasteiger charge is 2.11. The van der Waals surface area contributed by atoms with Crippen molar-refractivity contribution >= 4 is 17.3 Å². The summed E-state index contributed by atoms with van der Waals surface area (Å²) in [5.41, 5.74) is 12.7. The van der Waals surface area contributed by atoms with Crippen molar-refractivity contribution in [2.75, 3.05) is 50.4 Å². The van der Waals surface area contributed by atoms with Gasteiger partial charge in [0.15, 0.2) is 0 Å². The van der Waals surface area contributed by atoms with Crippen LogP contribution in [0, 0.1) is 0 Å². The molecule has 19 heavy (non-hydrogen) atoms. The lowest BCUT2D eigenvalue weighted by molar-refractivity contribution is 0.0398. The zero-order valence-electron chi connectivity index (χ0n) is 10.9. The van der Waals surface area contributed by atoms with E-state index in [1.807, 2.05) is 0 Å². The van der Waals surface area contributed by atoms with Crippen LogP contribution in [-0.2, 0) is 4.74 Å². The molecule has 6 nitrogen and oxygen atoms in total. The first kappa shape index (κ1) is 13.6. The normalized spacial score (nSPS) is 16.2. The second-order valence-corrected chi connectivity index (χ2v) is 4.55. The fourth-order valence-corrected chi connectivity index (χ4v) is 2.09. The molecule has 1 aliphatic rings. The van der Waals surface area contributed by atoms with Crippen LogP contribution in [-0.4, -0.2) is 50.2 Å². The number of benzene rings is 1. The molecule has 1 heterocycles. The average Bonchev–Trinajstić information content (AvgIpc) is 2.41. The molecule has 1 aromatic rings. The molecule has 0 atom stereocenters. The van der Waals surface area contributed by atoms with Gasteiger partial charge in [0.2, 0.25) is 0 Å². The molecule has 0 spiro atoms. The molecule has 0 aromatic heterocycles. The third kappa shape index (κ3) is 3.84. The van der Waals surface area contributed by atoms with E-state index in [1.54, 1.807) is 18.2 Å². The lowest BCUT2D eigenvalue weighted by Crippen LogP contribution is -2.39. The maximum absolute atomic E-state index is 11.3. The number of hydrogen-bond donors (Lipinski definition) is 3. The van der Waals surface area contributed by atoms with Crippen molar-refractivity contribution in [2.45, 2.75) is 0 Å². The summed E-state index contributed by atoms with van der Waals surface area (Å²) in [6, 6.07) is 5.14. The minimum absolute atomic E-state index is 0.432. The van der Waals surface area contributed by atoms with Crippen LogP contribution in [0.2, 0.25) is 0 Å². The molecule has 0 radical (unpaired) electrons. The third-order valence-electron chi connectivity index (χ3n) is 3.16. The van der Waals surface area contributed by atoms with E-state index in [0.29, 0.717) is 11.3 Å². The Morgan fingerprint density at radius 1 is 1.37 bits per heavy atom. The van der Waals surface area contributed by atoms with Crippen LogP contribution in [0.1, 0.15) is 10.4 Å². The summed E-state index contributed by atoms with van der Waals surface area (Å²) in [4.78, 5) is 13.7. The summed E-state index contributed by atoms with van der Waals surface area (Å²) in [7, 11) is 0. The molecule has 2 rings (SSSR count). The van der Waals surface area contributed by atoms with Gasteiger partial charge in [-0.2, -0.15) is 0 Å². The van der Waals surface area contributed by atoms with E-state index >= 15 is 0 Å². The highest BCUT2D eigenvalue weighted by atomic mass is 16.5. The first-order valence-corrected chi connectivity index (χ1v) is 6.40. The van der Waals surface area contributed by atoms with Crippen LogP contribution in [0.5, 0.6) is 0 Å². The van der Waals surface area contributed by atoms with Crippen LogP contribution < -0.4 is 16.8 Å². The number of ether oxygens (including phenoxy) is 1. The van der Waals surface area contributed by atoms with E-state index in [4.69, 9.17) is 16.2 Å². The largest absolute Gasteiger partial charge is 0.399 e. The van der Waals surface area contributed by atoms with Crippen LogP contribution >= 0.6 is 0 Å². The Labute approximate surface area is 112 Å². The summed E-state index contributed by atoms with van der Waals surface area (Å²) in [5, 5.41) is 3.23. The van der Waals surface area contributed by atoms with Crippen molar-refractivity contribution in [3.63, 3.8) is 0 Å². The number of nitrogens with two attached hydrogens (primary N) is 2. The van der Waals surface area contributed by atoms with Gasteiger partial charge in [0, 0.05) is 37.6 Å². The summed E-state index contributed by atoms with van der Waals surface area (Å²) >= 11 is 0. The van der Waals surface area contributed by atoms with Gasteiger partial charge in [-0.3, -0.25) is 9.69 Å². The van der Waals surface area contributed by atoms with Gasteiger partial charge in [-0.25, -0.2) is 0 Å². The topological polar surface area (TPSA) is 93.6 Å². The van der Waals surface area contributed by atoms with Crippen molar-refractivity contribution in [3.8, 4) is 0 Å². The molecule has 1 aromatic carbocycles. The van der Waals surface area contributed by atoms with Crippen molar-refractivity contribution in [1.29, 1.82) is 0 Å². The molecule has 0 bridgehead atoms. The fraction of sp³-hybridized carbons (Fsp3) is 0.462. The Morgan fingerprint density at radius 2 is 2.11 bits per heavy atom. The SMILES string of the molecule is NC(=O)c1cc(N)ccc1NCCN1CCOCC1. The van der Waals surface area contributed by atoms with Gasteiger partial charge in [-0.1, -0.05) is 0 Å². The second-order valence-electron chi connectivity index (χ2n) is 4.55. The number of nitrogens with zero attached hydrogens (tertiary/aromatic N) is 1. The van der Waals surface area contributed by atoms with Crippen molar-refractivity contribution in [3.05, 3.63) is 23.8 Å². The summed E-state index contributed by atoms with van der Waals surface area (Å²) < 4.78 is 5.29. The number of nitrogen functional groups attached to an aromatic ring is 1. The predicted octanol–water partition coefficient (Wildman–Crippen LogP) is 0.112. The number of morpholine rings is 1. The first-order valence-electron chi connectivity index (χ1n) is 6.40. The van der Waals surface area contributed by atoms with E-state index < -0.39 is 5.91 Å². The summed E-state index contributed by atoms with van der Waals surface area (Å²) in [6.07, 6.45) is 0. The number of carbonyl (C=O) groups excluding carboxylic acids is 1. The number of nitrogens with one attached hydrogen (secondary N) is 1. The van der Waals surface area contributed by atoms with E-state index in [-0.39, 0.29) is 0 Å². The molecule has 0 aliphatic carbocycles. The van der Waals surface area contributed by atoms with Crippen molar-refractivity contribution in [2.24, 2.45) is 5.73 Å². The Bertz CT molecular complexity index is 444. The lowest BCUT2D eigenvalue weighted by atomic mass is 10.1. The zero-order chi connectivity index (χ0) is 13.7. The summed E-state index contributed by atoms with van der Waals surface area (Å²) in [6.45, 7) is 5.14. The molecule has 6 heteroatoms. The van der Waals surface area contributed by atoms with E-state index in [2.05, 4.69) is 10.2 Å². The maximum Gasteiger partial charge on any atom is 0.250 e. The van der Waals surface area contributed by atoms with Crippen LogP contribution in [0.15, 0.2) is 18.2 Å². The van der Waals surface area contributed by atoms with Gasteiger partial charge in [0.1, 0.15) is 0 Å². The molecule has 1 saturated heterocycles. The molecular weight excluding hydrogens is 244 g/mol. The Hall–Kier alpha value is -1.79.